The molecular formula is C14H28N2O2. The highest BCUT2D eigenvalue weighted by Crippen LogP contribution is 2.30. The molecule has 0 aromatic heterocycles. The normalized spacial score (nSPS) is 30.0. The topological polar surface area (TPSA) is 47.7 Å². The molecule has 4 heteroatoms. The number of rotatable bonds is 4. The van der Waals surface area contributed by atoms with E-state index in [2.05, 4.69) is 11.9 Å². The summed E-state index contributed by atoms with van der Waals surface area (Å²) in [6, 6.07) is 0. The number of ether oxygens (including phenoxy) is 2. The van der Waals surface area contributed by atoms with Crippen LogP contribution in [-0.2, 0) is 9.47 Å². The van der Waals surface area contributed by atoms with Crippen molar-refractivity contribution in [3.63, 3.8) is 0 Å². The van der Waals surface area contributed by atoms with Gasteiger partial charge in [-0.25, -0.2) is 0 Å². The Morgan fingerprint density at radius 1 is 1.28 bits per heavy atom. The van der Waals surface area contributed by atoms with Gasteiger partial charge in [-0.15, -0.1) is 0 Å². The lowest BCUT2D eigenvalue weighted by Gasteiger charge is -2.36. The number of nitrogens with zero attached hydrogens (tertiary/aromatic N) is 1. The first kappa shape index (κ1) is 14.3. The Balaban J connectivity index is 1.81. The van der Waals surface area contributed by atoms with Gasteiger partial charge < -0.3 is 20.1 Å². The predicted octanol–water partition coefficient (Wildman–Crippen LogP) is 1.39. The maximum atomic E-state index is 6.21. The van der Waals surface area contributed by atoms with E-state index in [-0.39, 0.29) is 11.7 Å². The van der Waals surface area contributed by atoms with E-state index in [1.165, 1.54) is 25.7 Å². The highest BCUT2D eigenvalue weighted by molar-refractivity contribution is 4.85. The lowest BCUT2D eigenvalue weighted by molar-refractivity contribution is -0.118. The van der Waals surface area contributed by atoms with Crippen molar-refractivity contribution in [2.75, 3.05) is 39.9 Å². The van der Waals surface area contributed by atoms with Crippen LogP contribution in [0.25, 0.3) is 0 Å². The van der Waals surface area contributed by atoms with Crippen molar-refractivity contribution in [2.45, 2.75) is 50.2 Å². The average Bonchev–Trinajstić information content (AvgIpc) is 2.63. The van der Waals surface area contributed by atoms with Crippen LogP contribution < -0.4 is 5.73 Å². The summed E-state index contributed by atoms with van der Waals surface area (Å²) in [4.78, 5) is 2.31. The molecule has 18 heavy (non-hydrogen) atoms. The van der Waals surface area contributed by atoms with E-state index in [0.717, 1.165) is 32.5 Å². The molecule has 0 amide bonds. The smallest absolute Gasteiger partial charge is 0.0935 e. The van der Waals surface area contributed by atoms with Crippen molar-refractivity contribution in [1.82, 2.24) is 4.90 Å². The quantitative estimate of drug-likeness (QED) is 0.772. The van der Waals surface area contributed by atoms with Crippen LogP contribution in [-0.4, -0.2) is 56.5 Å². The van der Waals surface area contributed by atoms with Gasteiger partial charge in [-0.1, -0.05) is 25.7 Å². The SMILES string of the molecule is CN1CCOC(COC2(CN)CCCCCC2)C1. The Hall–Kier alpha value is -0.160. The Morgan fingerprint density at radius 3 is 2.61 bits per heavy atom. The van der Waals surface area contributed by atoms with E-state index in [1.807, 2.05) is 0 Å². The van der Waals surface area contributed by atoms with Crippen LogP contribution in [0.3, 0.4) is 0 Å². The molecule has 1 unspecified atom stereocenters. The molecule has 2 rings (SSSR count). The second kappa shape index (κ2) is 6.85. The summed E-state index contributed by atoms with van der Waals surface area (Å²) in [7, 11) is 2.14. The fraction of sp³-hybridized carbons (Fsp3) is 1.00. The number of morpholine rings is 1. The van der Waals surface area contributed by atoms with Crippen molar-refractivity contribution in [3.8, 4) is 0 Å². The third-order valence-corrected chi connectivity index (χ3v) is 4.30. The molecule has 0 aromatic carbocycles. The fourth-order valence-electron chi connectivity index (χ4n) is 3.02. The summed E-state index contributed by atoms with van der Waals surface area (Å²) in [5, 5.41) is 0. The molecule has 1 saturated heterocycles. The molecule has 1 aliphatic carbocycles. The zero-order valence-corrected chi connectivity index (χ0v) is 11.7. The van der Waals surface area contributed by atoms with Crippen molar-refractivity contribution in [3.05, 3.63) is 0 Å². The first-order valence-corrected chi connectivity index (χ1v) is 7.38. The van der Waals surface area contributed by atoms with Crippen molar-refractivity contribution in [1.29, 1.82) is 0 Å². The largest absolute Gasteiger partial charge is 0.373 e. The molecule has 1 aliphatic heterocycles. The summed E-state index contributed by atoms with van der Waals surface area (Å²) < 4.78 is 12.0. The summed E-state index contributed by atoms with van der Waals surface area (Å²) in [6.45, 7) is 4.16. The van der Waals surface area contributed by atoms with E-state index in [1.54, 1.807) is 0 Å². The van der Waals surface area contributed by atoms with E-state index in [9.17, 15) is 0 Å². The summed E-state index contributed by atoms with van der Waals surface area (Å²) in [6.07, 6.45) is 7.61. The van der Waals surface area contributed by atoms with Crippen LogP contribution >= 0.6 is 0 Å². The lowest BCUT2D eigenvalue weighted by Crippen LogP contribution is -2.47. The van der Waals surface area contributed by atoms with Crippen LogP contribution in [0.15, 0.2) is 0 Å². The maximum Gasteiger partial charge on any atom is 0.0935 e. The summed E-state index contributed by atoms with van der Waals surface area (Å²) >= 11 is 0. The van der Waals surface area contributed by atoms with E-state index >= 15 is 0 Å². The zero-order chi connectivity index (χ0) is 12.8. The predicted molar refractivity (Wildman–Crippen MR) is 72.7 cm³/mol. The molecule has 4 nitrogen and oxygen atoms in total. The second-order valence-corrected chi connectivity index (χ2v) is 5.87. The van der Waals surface area contributed by atoms with Crippen molar-refractivity contribution >= 4 is 0 Å². The van der Waals surface area contributed by atoms with Gasteiger partial charge in [-0.05, 0) is 19.9 Å². The van der Waals surface area contributed by atoms with Crippen LogP contribution in [0.1, 0.15) is 38.5 Å². The lowest BCUT2D eigenvalue weighted by atomic mass is 9.94. The Labute approximate surface area is 111 Å². The number of likely N-dealkylation sites (N-methyl/N-ethyl adjacent to an activating group) is 1. The molecule has 1 heterocycles. The van der Waals surface area contributed by atoms with Gasteiger partial charge in [0.05, 0.1) is 24.9 Å². The molecule has 0 aromatic rings. The molecule has 0 spiro atoms. The van der Waals surface area contributed by atoms with E-state index in [4.69, 9.17) is 15.2 Å². The standard InChI is InChI=1S/C14H28N2O2/c1-16-8-9-17-13(10-16)11-18-14(12-15)6-4-2-3-5-7-14/h13H,2-12,15H2,1H3. The Morgan fingerprint density at radius 2 is 2.00 bits per heavy atom. The van der Waals surface area contributed by atoms with Gasteiger partial charge in [0.25, 0.3) is 0 Å². The van der Waals surface area contributed by atoms with Crippen molar-refractivity contribution in [2.24, 2.45) is 5.73 Å². The number of hydrogen-bond donors (Lipinski definition) is 1. The number of hydrogen-bond acceptors (Lipinski definition) is 4. The molecule has 1 atom stereocenters. The van der Waals surface area contributed by atoms with Gasteiger partial charge in [0.15, 0.2) is 0 Å². The molecule has 106 valence electrons. The molecule has 2 aliphatic rings. The third-order valence-electron chi connectivity index (χ3n) is 4.30. The first-order chi connectivity index (χ1) is 8.74. The molecular weight excluding hydrogens is 228 g/mol. The monoisotopic (exact) mass is 256 g/mol. The van der Waals surface area contributed by atoms with Gasteiger partial charge in [-0.3, -0.25) is 0 Å². The van der Waals surface area contributed by atoms with E-state index in [0.29, 0.717) is 13.2 Å². The van der Waals surface area contributed by atoms with Gasteiger partial charge in [-0.2, -0.15) is 0 Å². The summed E-state index contributed by atoms with van der Waals surface area (Å²) in [5.74, 6) is 0. The van der Waals surface area contributed by atoms with Crippen LogP contribution in [0.4, 0.5) is 0 Å². The minimum Gasteiger partial charge on any atom is -0.373 e. The van der Waals surface area contributed by atoms with E-state index < -0.39 is 0 Å². The van der Waals surface area contributed by atoms with Crippen LogP contribution in [0.5, 0.6) is 0 Å². The third kappa shape index (κ3) is 3.92. The maximum absolute atomic E-state index is 6.21. The zero-order valence-electron chi connectivity index (χ0n) is 11.7. The molecule has 2 fully saturated rings. The van der Waals surface area contributed by atoms with Crippen LogP contribution in [0.2, 0.25) is 0 Å². The van der Waals surface area contributed by atoms with Gasteiger partial charge in [0.2, 0.25) is 0 Å². The molecule has 0 radical (unpaired) electrons. The second-order valence-electron chi connectivity index (χ2n) is 5.87. The fourth-order valence-corrected chi connectivity index (χ4v) is 3.02. The van der Waals surface area contributed by atoms with Gasteiger partial charge >= 0.3 is 0 Å². The minimum atomic E-state index is -0.0735. The highest BCUT2D eigenvalue weighted by atomic mass is 16.5. The van der Waals surface area contributed by atoms with Gasteiger partial charge in [0, 0.05) is 19.6 Å². The molecule has 0 bridgehead atoms. The van der Waals surface area contributed by atoms with Crippen molar-refractivity contribution < 1.29 is 9.47 Å². The first-order valence-electron chi connectivity index (χ1n) is 7.38. The summed E-state index contributed by atoms with van der Waals surface area (Å²) in [5.41, 5.74) is 5.90. The Bertz CT molecular complexity index is 240. The minimum absolute atomic E-state index is 0.0735. The molecule has 1 saturated carbocycles. The average molecular weight is 256 g/mol. The van der Waals surface area contributed by atoms with Gasteiger partial charge in [0.1, 0.15) is 0 Å². The van der Waals surface area contributed by atoms with Crippen LogP contribution in [0, 0.1) is 0 Å². The Kier molecular flexibility index (Phi) is 5.42. The molecule has 2 N–H and O–H groups in total. The number of nitrogens with two attached hydrogens (primary N) is 1. The highest BCUT2D eigenvalue weighted by Gasteiger charge is 2.32.